The molecule has 39 heavy (non-hydrogen) atoms. The van der Waals surface area contributed by atoms with Crippen molar-refractivity contribution in [2.45, 2.75) is 187 Å². The average Bonchev–Trinajstić information content (AvgIpc) is 2.99. The van der Waals surface area contributed by atoms with Crippen molar-refractivity contribution in [3.63, 3.8) is 0 Å². The van der Waals surface area contributed by atoms with Gasteiger partial charge in [0.15, 0.2) is 0 Å². The molecule has 0 aromatic rings. The second-order valence-corrected chi connectivity index (χ2v) is 16.0. The van der Waals surface area contributed by atoms with Gasteiger partial charge in [0.1, 0.15) is 5.78 Å². The van der Waals surface area contributed by atoms with Crippen molar-refractivity contribution in [3.05, 3.63) is 0 Å². The van der Waals surface area contributed by atoms with Crippen LogP contribution < -0.4 is 0 Å². The van der Waals surface area contributed by atoms with Gasteiger partial charge in [0.05, 0.1) is 0 Å². The summed E-state index contributed by atoms with van der Waals surface area (Å²) in [6, 6.07) is 0. The fourth-order valence-electron chi connectivity index (χ4n) is 11.0. The summed E-state index contributed by atoms with van der Waals surface area (Å²) in [6.07, 6.45) is 38.2. The Morgan fingerprint density at radius 3 is 1.18 bits per heavy atom. The molecule has 0 N–H and O–H groups in total. The lowest BCUT2D eigenvalue weighted by Crippen LogP contribution is -2.60. The molecule has 5 aliphatic carbocycles. The Morgan fingerprint density at radius 1 is 0.487 bits per heavy atom. The van der Waals surface area contributed by atoms with Gasteiger partial charge >= 0.3 is 0 Å². The highest BCUT2D eigenvalue weighted by molar-refractivity contribution is 5.96. The summed E-state index contributed by atoms with van der Waals surface area (Å²) < 4.78 is 0. The van der Waals surface area contributed by atoms with Crippen LogP contribution in [-0.4, -0.2) is 5.78 Å². The quantitative estimate of drug-likeness (QED) is 0.226. The van der Waals surface area contributed by atoms with Gasteiger partial charge in [-0.2, -0.15) is 0 Å². The van der Waals surface area contributed by atoms with Crippen molar-refractivity contribution >= 4 is 5.78 Å². The third-order valence-corrected chi connectivity index (χ3v) is 13.7. The van der Waals surface area contributed by atoms with E-state index >= 15 is 0 Å². The average molecular weight is 539 g/mol. The molecule has 5 saturated carbocycles. The zero-order valence-electron chi connectivity index (χ0n) is 26.5. The Kier molecular flexibility index (Phi) is 11.0. The second-order valence-electron chi connectivity index (χ2n) is 16.0. The lowest BCUT2D eigenvalue weighted by molar-refractivity contribution is -0.170. The summed E-state index contributed by atoms with van der Waals surface area (Å²) in [4.78, 5) is 13.9. The van der Waals surface area contributed by atoms with Crippen LogP contribution in [0.4, 0.5) is 0 Å². The standard InChI is InChI=1S/C38H66O/c1-3-5-7-9-11-30-13-17-32(18-14-30)34-21-25-37(26-22-34)29-38(36(37)39)27-23-35(24-28-38)33-19-15-31(16-20-33)12-10-8-6-4-2/h30-35H,3-29H2,1-2H3/t30?,31?,32?,33?,34-,35?,37-,38-. The van der Waals surface area contributed by atoms with Crippen molar-refractivity contribution < 1.29 is 4.79 Å². The van der Waals surface area contributed by atoms with Gasteiger partial charge in [-0.1, -0.05) is 104 Å². The maximum Gasteiger partial charge on any atom is 0.145 e. The predicted octanol–water partition coefficient (Wildman–Crippen LogP) is 11.9. The van der Waals surface area contributed by atoms with E-state index in [4.69, 9.17) is 0 Å². The first-order valence-electron chi connectivity index (χ1n) is 18.6. The molecular formula is C38H66O. The molecule has 1 nitrogen and oxygen atoms in total. The summed E-state index contributed by atoms with van der Waals surface area (Å²) in [7, 11) is 0. The smallest absolute Gasteiger partial charge is 0.145 e. The Hall–Kier alpha value is -0.330. The van der Waals surface area contributed by atoms with Gasteiger partial charge in [0.25, 0.3) is 0 Å². The molecule has 5 aliphatic rings. The van der Waals surface area contributed by atoms with Gasteiger partial charge < -0.3 is 0 Å². The van der Waals surface area contributed by atoms with Gasteiger partial charge in [-0.3, -0.25) is 4.79 Å². The van der Waals surface area contributed by atoms with Crippen LogP contribution in [0.3, 0.4) is 0 Å². The number of carbonyl (C=O) groups excluding carboxylic acids is 1. The molecule has 5 fully saturated rings. The first kappa shape index (κ1) is 30.1. The van der Waals surface area contributed by atoms with Crippen molar-refractivity contribution in [2.75, 3.05) is 0 Å². The fourth-order valence-corrected chi connectivity index (χ4v) is 11.0. The van der Waals surface area contributed by atoms with E-state index in [1.807, 2.05) is 0 Å². The molecule has 0 aromatic heterocycles. The van der Waals surface area contributed by atoms with Crippen LogP contribution in [0, 0.1) is 46.3 Å². The summed E-state index contributed by atoms with van der Waals surface area (Å²) in [5.41, 5.74) is 0.269. The highest BCUT2D eigenvalue weighted by Crippen LogP contribution is 2.65. The fraction of sp³-hybridized carbons (Fsp3) is 0.974. The summed E-state index contributed by atoms with van der Waals surface area (Å²) in [6.45, 7) is 4.65. The molecule has 0 aromatic carbocycles. The molecule has 0 aliphatic heterocycles. The summed E-state index contributed by atoms with van der Waals surface area (Å²) in [5, 5.41) is 0. The maximum atomic E-state index is 13.9. The van der Waals surface area contributed by atoms with Gasteiger partial charge in [0.2, 0.25) is 0 Å². The monoisotopic (exact) mass is 539 g/mol. The third-order valence-electron chi connectivity index (χ3n) is 13.7. The van der Waals surface area contributed by atoms with Crippen molar-refractivity contribution in [1.82, 2.24) is 0 Å². The summed E-state index contributed by atoms with van der Waals surface area (Å²) >= 11 is 0. The van der Waals surface area contributed by atoms with Crippen LogP contribution in [0.1, 0.15) is 187 Å². The molecule has 0 atom stereocenters. The zero-order valence-corrected chi connectivity index (χ0v) is 26.5. The third kappa shape index (κ3) is 7.19. The Bertz CT molecular complexity index is 660. The minimum atomic E-state index is 0.135. The topological polar surface area (TPSA) is 17.1 Å². The molecule has 0 amide bonds. The minimum Gasteiger partial charge on any atom is -0.298 e. The van der Waals surface area contributed by atoms with Crippen LogP contribution in [0.15, 0.2) is 0 Å². The van der Waals surface area contributed by atoms with E-state index < -0.39 is 0 Å². The Labute approximate surface area is 243 Å². The van der Waals surface area contributed by atoms with E-state index in [0.29, 0.717) is 0 Å². The number of ketones is 1. The number of hydrogen-bond acceptors (Lipinski definition) is 1. The Balaban J connectivity index is 0.984. The number of hydrogen-bond donors (Lipinski definition) is 0. The summed E-state index contributed by atoms with van der Waals surface area (Å²) in [5.74, 6) is 6.68. The first-order valence-corrected chi connectivity index (χ1v) is 18.6. The number of Topliss-reactive ketones (excluding diaryl/α,β-unsaturated/α-hetero) is 1. The van der Waals surface area contributed by atoms with Crippen molar-refractivity contribution in [1.29, 1.82) is 0 Å². The first-order chi connectivity index (χ1) is 19.1. The van der Waals surface area contributed by atoms with Crippen LogP contribution in [0.25, 0.3) is 0 Å². The lowest BCUT2D eigenvalue weighted by atomic mass is 9.42. The van der Waals surface area contributed by atoms with E-state index in [-0.39, 0.29) is 10.8 Å². The Morgan fingerprint density at radius 2 is 0.846 bits per heavy atom. The normalized spacial score (nSPS) is 41.1. The minimum absolute atomic E-state index is 0.135. The molecule has 5 rings (SSSR count). The number of carbonyl (C=O) groups is 1. The highest BCUT2D eigenvalue weighted by atomic mass is 16.1. The molecule has 0 radical (unpaired) electrons. The van der Waals surface area contributed by atoms with E-state index in [1.165, 1.54) is 173 Å². The van der Waals surface area contributed by atoms with Crippen molar-refractivity contribution in [2.24, 2.45) is 46.3 Å². The largest absolute Gasteiger partial charge is 0.298 e. The van der Waals surface area contributed by atoms with Gasteiger partial charge in [-0.15, -0.1) is 0 Å². The van der Waals surface area contributed by atoms with Crippen molar-refractivity contribution in [3.8, 4) is 0 Å². The number of rotatable bonds is 12. The maximum absolute atomic E-state index is 13.9. The molecule has 0 bridgehead atoms. The van der Waals surface area contributed by atoms with Gasteiger partial charge in [0, 0.05) is 10.8 Å². The van der Waals surface area contributed by atoms with E-state index in [0.717, 1.165) is 41.3 Å². The molecule has 0 heterocycles. The molecule has 1 heteroatoms. The van der Waals surface area contributed by atoms with Crippen LogP contribution in [0.5, 0.6) is 0 Å². The van der Waals surface area contributed by atoms with Crippen LogP contribution >= 0.6 is 0 Å². The van der Waals surface area contributed by atoms with Crippen LogP contribution in [-0.2, 0) is 4.79 Å². The molecular weight excluding hydrogens is 472 g/mol. The zero-order chi connectivity index (χ0) is 27.1. The molecule has 0 saturated heterocycles. The van der Waals surface area contributed by atoms with Gasteiger partial charge in [-0.25, -0.2) is 0 Å². The van der Waals surface area contributed by atoms with E-state index in [2.05, 4.69) is 13.8 Å². The molecule has 0 unspecified atom stereocenters. The second kappa shape index (κ2) is 14.2. The predicted molar refractivity (Wildman–Crippen MR) is 167 cm³/mol. The van der Waals surface area contributed by atoms with E-state index in [1.54, 1.807) is 0 Å². The number of unbranched alkanes of at least 4 members (excludes halogenated alkanes) is 6. The highest BCUT2D eigenvalue weighted by Gasteiger charge is 2.63. The molecule has 224 valence electrons. The molecule has 2 spiro atoms. The van der Waals surface area contributed by atoms with E-state index in [9.17, 15) is 4.79 Å². The van der Waals surface area contributed by atoms with Crippen LogP contribution in [0.2, 0.25) is 0 Å². The van der Waals surface area contributed by atoms with Gasteiger partial charge in [-0.05, 0) is 119 Å². The SMILES string of the molecule is CCCCCCC1CCC(C2CC[C@]3(CC2)C[C@@]2(CC[C@H](C4CCC(CCCCCC)CC4)CC2)C3=O)CC1. The lowest BCUT2D eigenvalue weighted by Gasteiger charge is -2.60.